The molecular weight excluding hydrogens is 314 g/mol. The van der Waals surface area contributed by atoms with Gasteiger partial charge in [-0.15, -0.1) is 6.58 Å². The quantitative estimate of drug-likeness (QED) is 0.204. The van der Waals surface area contributed by atoms with Crippen molar-refractivity contribution in [2.45, 2.75) is 33.1 Å². The number of allylic oxidation sites excluding steroid dienone is 5. The number of ether oxygens (including phenoxy) is 1. The van der Waals surface area contributed by atoms with Gasteiger partial charge in [-0.25, -0.2) is 0 Å². The van der Waals surface area contributed by atoms with Gasteiger partial charge in [-0.2, -0.15) is 0 Å². The highest BCUT2D eigenvalue weighted by molar-refractivity contribution is 5.83. The first-order valence-corrected chi connectivity index (χ1v) is 7.44. The van der Waals surface area contributed by atoms with E-state index in [1.807, 2.05) is 0 Å². The van der Waals surface area contributed by atoms with Crippen LogP contribution in [0.4, 0.5) is 0 Å². The van der Waals surface area contributed by atoms with Crippen molar-refractivity contribution in [2.24, 2.45) is 5.41 Å². The highest BCUT2D eigenvalue weighted by atomic mass is 16.6. The number of hydrogen-bond acceptors (Lipinski definition) is 5. The molecule has 0 aliphatic carbocycles. The van der Waals surface area contributed by atoms with Gasteiger partial charge in [0.15, 0.2) is 0 Å². The predicted molar refractivity (Wildman–Crippen MR) is 89.8 cm³/mol. The number of nitrogens with zero attached hydrogens (tertiary/aromatic N) is 1. The molecule has 7 heteroatoms. The number of carboxylic acid groups (broad SMARTS) is 1. The molecule has 0 saturated carbocycles. The summed E-state index contributed by atoms with van der Waals surface area (Å²) in [7, 11) is 0. The van der Waals surface area contributed by atoms with Crippen LogP contribution in [0.3, 0.4) is 0 Å². The largest absolute Gasteiger partial charge is 0.481 e. The zero-order valence-electron chi connectivity index (χ0n) is 14.0. The molecule has 0 aromatic heterocycles. The van der Waals surface area contributed by atoms with Crippen LogP contribution in [0.2, 0.25) is 0 Å². The van der Waals surface area contributed by atoms with Gasteiger partial charge in [-0.05, 0) is 32.8 Å². The molecule has 0 aromatic carbocycles. The van der Waals surface area contributed by atoms with Crippen molar-refractivity contribution in [1.82, 2.24) is 0 Å². The average Bonchev–Trinajstić information content (AvgIpc) is 2.51. The smallest absolute Gasteiger partial charge is 0.317 e. The van der Waals surface area contributed by atoms with Crippen LogP contribution in [0.5, 0.6) is 0 Å². The number of carbonyl (C=O) groups excluding carboxylic acids is 1. The van der Waals surface area contributed by atoms with Gasteiger partial charge in [-0.1, -0.05) is 24.8 Å². The van der Waals surface area contributed by atoms with Crippen molar-refractivity contribution < 1.29 is 24.4 Å². The van der Waals surface area contributed by atoms with E-state index in [0.717, 1.165) is 0 Å². The van der Waals surface area contributed by atoms with Crippen molar-refractivity contribution in [3.8, 4) is 0 Å². The van der Waals surface area contributed by atoms with E-state index in [4.69, 9.17) is 9.84 Å². The maximum absolute atomic E-state index is 12.6. The fourth-order valence-electron chi connectivity index (χ4n) is 2.45. The van der Waals surface area contributed by atoms with Crippen LogP contribution in [0.1, 0.15) is 33.1 Å². The van der Waals surface area contributed by atoms with Crippen LogP contribution in [0.25, 0.3) is 0 Å². The summed E-state index contributed by atoms with van der Waals surface area (Å²) in [6.07, 6.45) is 4.84. The Morgan fingerprint density at radius 3 is 2.38 bits per heavy atom. The van der Waals surface area contributed by atoms with Crippen molar-refractivity contribution >= 4 is 11.9 Å². The summed E-state index contributed by atoms with van der Waals surface area (Å²) in [5.74, 6) is -1.84. The van der Waals surface area contributed by atoms with Gasteiger partial charge < -0.3 is 9.84 Å². The molecule has 0 bridgehead atoms. The fraction of sp³-hybridized carbons (Fsp3) is 0.412. The molecule has 0 saturated heterocycles. The number of hydrogen-bond donors (Lipinski definition) is 1. The van der Waals surface area contributed by atoms with Gasteiger partial charge in [0.25, 0.3) is 5.70 Å². The maximum atomic E-state index is 12.6. The van der Waals surface area contributed by atoms with Gasteiger partial charge in [-0.3, -0.25) is 19.7 Å². The van der Waals surface area contributed by atoms with Crippen LogP contribution in [-0.2, 0) is 14.3 Å². The normalized spacial score (nSPS) is 14.4. The molecule has 0 spiro atoms. The van der Waals surface area contributed by atoms with Crippen LogP contribution in [0, 0.1) is 15.5 Å². The van der Waals surface area contributed by atoms with Crippen LogP contribution in [0.15, 0.2) is 48.7 Å². The Labute approximate surface area is 141 Å². The summed E-state index contributed by atoms with van der Waals surface area (Å²) in [6, 6.07) is 0. The van der Waals surface area contributed by atoms with Crippen molar-refractivity contribution in [3.63, 3.8) is 0 Å². The lowest BCUT2D eigenvalue weighted by molar-refractivity contribution is -0.422. The zero-order chi connectivity index (χ0) is 18.8. The molecule has 0 fully saturated rings. The van der Waals surface area contributed by atoms with Crippen molar-refractivity contribution in [1.29, 1.82) is 0 Å². The molecule has 0 amide bonds. The monoisotopic (exact) mass is 337 g/mol. The molecule has 7 nitrogen and oxygen atoms in total. The molecule has 24 heavy (non-hydrogen) atoms. The lowest BCUT2D eigenvalue weighted by Crippen LogP contribution is -2.37. The second kappa shape index (κ2) is 10.1. The third-order valence-corrected chi connectivity index (χ3v) is 3.47. The maximum Gasteiger partial charge on any atom is 0.317 e. The fourth-order valence-corrected chi connectivity index (χ4v) is 2.45. The number of aliphatic carboxylic acids is 1. The second-order valence-electron chi connectivity index (χ2n) is 4.94. The van der Waals surface area contributed by atoms with Crippen molar-refractivity contribution in [2.75, 3.05) is 6.61 Å². The van der Waals surface area contributed by atoms with E-state index in [2.05, 4.69) is 13.2 Å². The summed E-state index contributed by atoms with van der Waals surface area (Å²) < 4.78 is 5.09. The zero-order valence-corrected chi connectivity index (χ0v) is 14.0. The number of rotatable bonds is 11. The number of carboxylic acids is 1. The van der Waals surface area contributed by atoms with E-state index in [-0.39, 0.29) is 37.1 Å². The van der Waals surface area contributed by atoms with Gasteiger partial charge in [0, 0.05) is 12.0 Å². The first kappa shape index (κ1) is 21.3. The Kier molecular flexibility index (Phi) is 9.00. The summed E-state index contributed by atoms with van der Waals surface area (Å²) in [4.78, 5) is 34.4. The lowest BCUT2D eigenvalue weighted by Gasteiger charge is -2.31. The van der Waals surface area contributed by atoms with Crippen LogP contribution in [-0.4, -0.2) is 28.6 Å². The first-order valence-electron chi connectivity index (χ1n) is 7.44. The van der Waals surface area contributed by atoms with Crippen LogP contribution < -0.4 is 0 Å². The van der Waals surface area contributed by atoms with Gasteiger partial charge in [0.05, 0.1) is 11.5 Å². The van der Waals surface area contributed by atoms with E-state index >= 15 is 0 Å². The van der Waals surface area contributed by atoms with Crippen molar-refractivity contribution in [3.05, 3.63) is 58.8 Å². The van der Waals surface area contributed by atoms with E-state index in [9.17, 15) is 19.7 Å². The van der Waals surface area contributed by atoms with E-state index in [1.54, 1.807) is 6.92 Å². The van der Waals surface area contributed by atoms with Gasteiger partial charge >= 0.3 is 11.9 Å². The molecule has 1 unspecified atom stereocenters. The Balaban J connectivity index is 6.44. The highest BCUT2D eigenvalue weighted by Crippen LogP contribution is 2.42. The van der Waals surface area contributed by atoms with E-state index in [1.165, 1.54) is 31.2 Å². The number of carbonyl (C=O) groups is 2. The van der Waals surface area contributed by atoms with E-state index < -0.39 is 22.3 Å². The number of nitro groups is 1. The summed E-state index contributed by atoms with van der Waals surface area (Å²) in [6.45, 7) is 10.3. The minimum Gasteiger partial charge on any atom is -0.481 e. The molecule has 1 N–H and O–H groups in total. The van der Waals surface area contributed by atoms with Gasteiger partial charge in [0.2, 0.25) is 0 Å². The highest BCUT2D eigenvalue weighted by Gasteiger charge is 2.46. The standard InChI is InChI=1S/C17H23NO6/c1-5-9-13(14(7-3)18(22)23)17(11-6-2,12-10-15(19)20)16(21)24-8-4/h5-7,9H,1-2,8,10-12H2,3-4H3,(H,19,20)/b13-9+,14-7+. The molecule has 0 aromatic rings. The molecule has 1 atom stereocenters. The first-order chi connectivity index (χ1) is 11.3. The Morgan fingerprint density at radius 2 is 2.00 bits per heavy atom. The Hall–Kier alpha value is -2.70. The molecule has 0 aliphatic rings. The molecule has 132 valence electrons. The second-order valence-corrected chi connectivity index (χ2v) is 4.94. The summed E-state index contributed by atoms with van der Waals surface area (Å²) >= 11 is 0. The van der Waals surface area contributed by atoms with Gasteiger partial charge in [0.1, 0.15) is 5.41 Å². The topological polar surface area (TPSA) is 107 Å². The SMILES string of the molecule is C=C/C=C(\C(=C/C)[N+](=O)[O-])C(CC=C)(CCC(=O)O)C(=O)OCC. The van der Waals surface area contributed by atoms with E-state index in [0.29, 0.717) is 0 Å². The third kappa shape index (κ3) is 5.19. The number of esters is 1. The molecule has 0 heterocycles. The Bertz CT molecular complexity index is 576. The minimum atomic E-state index is -1.51. The molecule has 0 radical (unpaired) electrons. The van der Waals surface area contributed by atoms with Crippen LogP contribution >= 0.6 is 0 Å². The molecule has 0 aliphatic heterocycles. The summed E-state index contributed by atoms with van der Waals surface area (Å²) in [5, 5.41) is 20.4. The average molecular weight is 337 g/mol. The Morgan fingerprint density at radius 1 is 1.38 bits per heavy atom. The third-order valence-electron chi connectivity index (χ3n) is 3.47. The molecular formula is C17H23NO6. The summed E-state index contributed by atoms with van der Waals surface area (Å²) in [5.41, 5.74) is -1.75. The predicted octanol–water partition coefficient (Wildman–Crippen LogP) is 3.27. The lowest BCUT2D eigenvalue weighted by atomic mass is 9.72. The minimum absolute atomic E-state index is 0.00394. The molecule has 0 rings (SSSR count).